The second-order valence-corrected chi connectivity index (χ2v) is 8.79. The molecule has 0 fully saturated rings. The van der Waals surface area contributed by atoms with Gasteiger partial charge in [0.2, 0.25) is 10.0 Å². The highest BCUT2D eigenvalue weighted by molar-refractivity contribution is 7.88. The molecule has 2 aromatic rings. The molecule has 0 radical (unpaired) electrons. The molecule has 0 bridgehead atoms. The summed E-state index contributed by atoms with van der Waals surface area (Å²) in [5.41, 5.74) is 7.83. The van der Waals surface area contributed by atoms with Gasteiger partial charge in [0.15, 0.2) is 0 Å². The van der Waals surface area contributed by atoms with Crippen molar-refractivity contribution in [3.05, 3.63) is 65.6 Å². The number of aromatic nitrogens is 2. The van der Waals surface area contributed by atoms with Gasteiger partial charge in [-0.2, -0.15) is 0 Å². The SMILES string of the molecule is C=C(/C=C(C)\C=C/N)Nc1cccc(-c2cnc(CCNS(C)(=O)=O)s2)n1. The molecule has 2 heterocycles. The van der Waals surface area contributed by atoms with Crippen LogP contribution in [0.25, 0.3) is 10.6 Å². The van der Waals surface area contributed by atoms with E-state index in [1.54, 1.807) is 12.3 Å². The second-order valence-electron chi connectivity index (χ2n) is 5.84. The van der Waals surface area contributed by atoms with Gasteiger partial charge in [0.25, 0.3) is 0 Å². The maximum absolute atomic E-state index is 11.1. The van der Waals surface area contributed by atoms with Gasteiger partial charge in [-0.1, -0.05) is 12.6 Å². The molecule has 0 aromatic carbocycles. The summed E-state index contributed by atoms with van der Waals surface area (Å²) in [4.78, 5) is 9.84. The first kappa shape index (κ1) is 20.8. The number of allylic oxidation sites excluding steroid dienone is 3. The standard InChI is InChI=1S/C18H23N5O2S2/c1-13(7-9-19)11-14(2)22-17-6-4-5-15(23-17)16-12-20-18(26-16)8-10-21-27(3,24)25/h4-7,9,11-12,21H,2,8,10,19H2,1,3H3,(H,22,23)/b9-7-,13-11-. The maximum atomic E-state index is 11.1. The van der Waals surface area contributed by atoms with E-state index in [2.05, 4.69) is 26.6 Å². The predicted octanol–water partition coefficient (Wildman–Crippen LogP) is 2.64. The van der Waals surface area contributed by atoms with Crippen molar-refractivity contribution in [2.45, 2.75) is 13.3 Å². The van der Waals surface area contributed by atoms with Gasteiger partial charge in [0.1, 0.15) is 5.82 Å². The van der Waals surface area contributed by atoms with Crippen molar-refractivity contribution in [2.75, 3.05) is 18.1 Å². The van der Waals surface area contributed by atoms with Gasteiger partial charge < -0.3 is 11.1 Å². The number of nitrogens with zero attached hydrogens (tertiary/aromatic N) is 2. The maximum Gasteiger partial charge on any atom is 0.208 e. The Morgan fingerprint density at radius 3 is 2.89 bits per heavy atom. The van der Waals surface area contributed by atoms with Crippen LogP contribution in [0.2, 0.25) is 0 Å². The lowest BCUT2D eigenvalue weighted by molar-refractivity contribution is 0.588. The molecule has 0 saturated carbocycles. The topological polar surface area (TPSA) is 110 Å². The van der Waals surface area contributed by atoms with Gasteiger partial charge in [-0.25, -0.2) is 23.1 Å². The van der Waals surface area contributed by atoms with E-state index in [9.17, 15) is 8.42 Å². The highest BCUT2D eigenvalue weighted by Gasteiger charge is 2.08. The number of nitrogens with one attached hydrogen (secondary N) is 2. The first-order valence-corrected chi connectivity index (χ1v) is 10.9. The Kier molecular flexibility index (Phi) is 7.28. The highest BCUT2D eigenvalue weighted by atomic mass is 32.2. The summed E-state index contributed by atoms with van der Waals surface area (Å²) in [7, 11) is -3.19. The summed E-state index contributed by atoms with van der Waals surface area (Å²) in [5, 5.41) is 4.00. The highest BCUT2D eigenvalue weighted by Crippen LogP contribution is 2.26. The molecule has 2 aromatic heterocycles. The van der Waals surface area contributed by atoms with Crippen LogP contribution in [0, 0.1) is 0 Å². The van der Waals surface area contributed by atoms with Crippen LogP contribution < -0.4 is 15.8 Å². The van der Waals surface area contributed by atoms with E-state index < -0.39 is 10.0 Å². The lowest BCUT2D eigenvalue weighted by atomic mass is 10.2. The third-order valence-corrected chi connectivity index (χ3v) is 5.12. The van der Waals surface area contributed by atoms with Crippen molar-refractivity contribution in [2.24, 2.45) is 5.73 Å². The normalized spacial score (nSPS) is 12.4. The number of nitrogens with two attached hydrogens (primary N) is 1. The van der Waals surface area contributed by atoms with Crippen LogP contribution in [0.5, 0.6) is 0 Å². The molecule has 0 aliphatic heterocycles. The Labute approximate surface area is 163 Å². The number of pyridine rings is 1. The van der Waals surface area contributed by atoms with Crippen LogP contribution in [-0.2, 0) is 16.4 Å². The molecular weight excluding hydrogens is 382 g/mol. The fraction of sp³-hybridized carbons (Fsp3) is 0.222. The van der Waals surface area contributed by atoms with Gasteiger partial charge in [-0.15, -0.1) is 11.3 Å². The summed E-state index contributed by atoms with van der Waals surface area (Å²) >= 11 is 1.49. The molecule has 0 aliphatic rings. The summed E-state index contributed by atoms with van der Waals surface area (Å²) in [5.74, 6) is 0.673. The van der Waals surface area contributed by atoms with Crippen LogP contribution >= 0.6 is 11.3 Å². The summed E-state index contributed by atoms with van der Waals surface area (Å²) in [6.45, 7) is 6.22. The molecule has 0 spiro atoms. The average Bonchev–Trinajstić information content (AvgIpc) is 3.03. The number of hydrogen-bond acceptors (Lipinski definition) is 7. The molecule has 7 nitrogen and oxygen atoms in total. The first-order chi connectivity index (χ1) is 12.8. The average molecular weight is 406 g/mol. The molecule has 0 unspecified atom stereocenters. The minimum absolute atomic E-state index is 0.323. The van der Waals surface area contributed by atoms with E-state index in [4.69, 9.17) is 5.73 Å². The number of anilines is 1. The Morgan fingerprint density at radius 1 is 1.41 bits per heavy atom. The van der Waals surface area contributed by atoms with Gasteiger partial charge in [0, 0.05) is 24.9 Å². The number of hydrogen-bond donors (Lipinski definition) is 3. The molecule has 27 heavy (non-hydrogen) atoms. The van der Waals surface area contributed by atoms with Gasteiger partial charge in [-0.3, -0.25) is 0 Å². The van der Waals surface area contributed by atoms with Gasteiger partial charge >= 0.3 is 0 Å². The van der Waals surface area contributed by atoms with Gasteiger partial charge in [0.05, 0.1) is 21.8 Å². The molecule has 2 rings (SSSR count). The molecule has 0 saturated heterocycles. The van der Waals surface area contributed by atoms with Crippen LogP contribution in [0.4, 0.5) is 5.82 Å². The van der Waals surface area contributed by atoms with Crippen molar-refractivity contribution >= 4 is 27.2 Å². The lowest BCUT2D eigenvalue weighted by Crippen LogP contribution is -2.24. The Hall–Kier alpha value is -2.49. The van der Waals surface area contributed by atoms with Crippen molar-refractivity contribution in [3.8, 4) is 10.6 Å². The van der Waals surface area contributed by atoms with Crippen molar-refractivity contribution < 1.29 is 8.42 Å². The largest absolute Gasteiger partial charge is 0.405 e. The van der Waals surface area contributed by atoms with Crippen LogP contribution in [0.1, 0.15) is 11.9 Å². The van der Waals surface area contributed by atoms with Crippen molar-refractivity contribution in [3.63, 3.8) is 0 Å². The summed E-state index contributed by atoms with van der Waals surface area (Å²) in [6, 6.07) is 5.66. The van der Waals surface area contributed by atoms with E-state index in [0.29, 0.717) is 24.5 Å². The second kappa shape index (κ2) is 9.45. The Morgan fingerprint density at radius 2 is 2.19 bits per heavy atom. The van der Waals surface area contributed by atoms with Crippen molar-refractivity contribution in [1.29, 1.82) is 0 Å². The Balaban J connectivity index is 2.05. The predicted molar refractivity (Wildman–Crippen MR) is 112 cm³/mol. The van der Waals surface area contributed by atoms with Crippen LogP contribution in [0.15, 0.2) is 60.6 Å². The van der Waals surface area contributed by atoms with E-state index in [-0.39, 0.29) is 0 Å². The van der Waals surface area contributed by atoms with Crippen LogP contribution in [-0.4, -0.2) is 31.2 Å². The molecule has 0 atom stereocenters. The van der Waals surface area contributed by atoms with E-state index in [1.165, 1.54) is 17.5 Å². The monoisotopic (exact) mass is 405 g/mol. The smallest absolute Gasteiger partial charge is 0.208 e. The summed E-state index contributed by atoms with van der Waals surface area (Å²) in [6.07, 6.45) is 8.55. The minimum atomic E-state index is -3.19. The van der Waals surface area contributed by atoms with Crippen LogP contribution in [0.3, 0.4) is 0 Å². The van der Waals surface area contributed by atoms with E-state index >= 15 is 0 Å². The Bertz CT molecular complexity index is 962. The fourth-order valence-electron chi connectivity index (χ4n) is 2.20. The lowest BCUT2D eigenvalue weighted by Gasteiger charge is -2.07. The zero-order chi connectivity index (χ0) is 19.9. The molecule has 0 aliphatic carbocycles. The van der Waals surface area contributed by atoms with E-state index in [0.717, 1.165) is 27.4 Å². The minimum Gasteiger partial charge on any atom is -0.405 e. The molecule has 9 heteroatoms. The van der Waals surface area contributed by atoms with Gasteiger partial charge in [-0.05, 0) is 43.0 Å². The molecular formula is C18H23N5O2S2. The molecule has 4 N–H and O–H groups in total. The number of sulfonamides is 1. The first-order valence-electron chi connectivity index (χ1n) is 8.16. The van der Waals surface area contributed by atoms with E-state index in [1.807, 2.05) is 31.2 Å². The summed E-state index contributed by atoms with van der Waals surface area (Å²) < 4.78 is 24.7. The zero-order valence-electron chi connectivity index (χ0n) is 15.3. The number of rotatable bonds is 9. The molecule has 144 valence electrons. The fourth-order valence-corrected chi connectivity index (χ4v) is 3.56. The quantitative estimate of drug-likeness (QED) is 0.553. The third-order valence-electron chi connectivity index (χ3n) is 3.31. The zero-order valence-corrected chi connectivity index (χ0v) is 16.9. The number of thiazole rings is 1. The van der Waals surface area contributed by atoms with Crippen molar-refractivity contribution in [1.82, 2.24) is 14.7 Å². The third kappa shape index (κ3) is 7.33. The molecule has 0 amide bonds.